The lowest BCUT2D eigenvalue weighted by molar-refractivity contribution is 0.227. The first kappa shape index (κ1) is 12.2. The highest BCUT2D eigenvalue weighted by molar-refractivity contribution is 5.05. The fraction of sp³-hybridized carbons (Fsp3) is 0.500. The molecule has 0 amide bonds. The summed E-state index contributed by atoms with van der Waals surface area (Å²) < 4.78 is 0. The van der Waals surface area contributed by atoms with Crippen molar-refractivity contribution in [3.05, 3.63) is 37.0 Å². The zero-order chi connectivity index (χ0) is 9.94. The second kappa shape index (κ2) is 9.27. The van der Waals surface area contributed by atoms with Gasteiger partial charge in [0.25, 0.3) is 0 Å². The van der Waals surface area contributed by atoms with Gasteiger partial charge in [-0.1, -0.05) is 50.1 Å². The number of aliphatic hydroxyl groups excluding tert-OH is 1. The van der Waals surface area contributed by atoms with Crippen LogP contribution in [0.4, 0.5) is 0 Å². The van der Waals surface area contributed by atoms with Crippen molar-refractivity contribution in [2.24, 2.45) is 0 Å². The maximum atomic E-state index is 9.26. The minimum Gasteiger partial charge on any atom is -0.389 e. The minimum absolute atomic E-state index is 0.381. The average molecular weight is 180 g/mol. The van der Waals surface area contributed by atoms with Crippen molar-refractivity contribution in [1.82, 2.24) is 0 Å². The molecule has 0 aromatic carbocycles. The summed E-state index contributed by atoms with van der Waals surface area (Å²) in [6.07, 6.45) is 13.3. The predicted octanol–water partition coefficient (Wildman–Crippen LogP) is 3.23. The van der Waals surface area contributed by atoms with Crippen LogP contribution in [-0.4, -0.2) is 11.2 Å². The molecule has 0 spiro atoms. The number of hydrogen-bond acceptors (Lipinski definition) is 1. The van der Waals surface area contributed by atoms with Gasteiger partial charge in [0.2, 0.25) is 0 Å². The topological polar surface area (TPSA) is 20.2 Å². The molecule has 0 aromatic heterocycles. The highest BCUT2D eigenvalue weighted by Gasteiger charge is 1.90. The molecule has 1 nitrogen and oxygen atoms in total. The molecule has 0 radical (unpaired) electrons. The Balaban J connectivity index is 3.48. The van der Waals surface area contributed by atoms with E-state index in [0.717, 1.165) is 6.42 Å². The van der Waals surface area contributed by atoms with Crippen LogP contribution < -0.4 is 0 Å². The minimum atomic E-state index is -0.381. The van der Waals surface area contributed by atoms with Crippen LogP contribution in [0.25, 0.3) is 0 Å². The molecule has 0 aliphatic carbocycles. The molecule has 0 unspecified atom stereocenters. The van der Waals surface area contributed by atoms with Crippen molar-refractivity contribution in [1.29, 1.82) is 0 Å². The van der Waals surface area contributed by atoms with Crippen LogP contribution in [0.2, 0.25) is 0 Å². The summed E-state index contributed by atoms with van der Waals surface area (Å²) in [5, 5.41) is 9.26. The van der Waals surface area contributed by atoms with Crippen molar-refractivity contribution in [3.63, 3.8) is 0 Å². The van der Waals surface area contributed by atoms with Crippen LogP contribution in [0.5, 0.6) is 0 Å². The second-order valence-electron chi connectivity index (χ2n) is 3.05. The molecular formula is C12H20O. The fourth-order valence-electron chi connectivity index (χ4n) is 0.939. The summed E-state index contributed by atoms with van der Waals surface area (Å²) in [6, 6.07) is 0. The molecule has 1 N–H and O–H groups in total. The van der Waals surface area contributed by atoms with Gasteiger partial charge in [-0.3, -0.25) is 0 Å². The third kappa shape index (κ3) is 9.09. The molecule has 0 aliphatic rings. The Morgan fingerprint density at radius 2 is 2.15 bits per heavy atom. The van der Waals surface area contributed by atoms with E-state index in [1.54, 1.807) is 12.2 Å². The van der Waals surface area contributed by atoms with Gasteiger partial charge in [-0.25, -0.2) is 0 Å². The van der Waals surface area contributed by atoms with E-state index in [1.807, 2.05) is 12.2 Å². The highest BCUT2D eigenvalue weighted by Crippen LogP contribution is 1.97. The van der Waals surface area contributed by atoms with Crippen LogP contribution in [0.15, 0.2) is 37.0 Å². The molecule has 0 bridgehead atoms. The Morgan fingerprint density at radius 1 is 1.38 bits per heavy atom. The Kier molecular flexibility index (Phi) is 8.68. The van der Waals surface area contributed by atoms with E-state index in [2.05, 4.69) is 19.6 Å². The molecule has 0 heterocycles. The van der Waals surface area contributed by atoms with E-state index in [1.165, 1.54) is 12.8 Å². The van der Waals surface area contributed by atoms with Gasteiger partial charge in [-0.2, -0.15) is 0 Å². The van der Waals surface area contributed by atoms with Crippen molar-refractivity contribution in [2.45, 2.75) is 38.7 Å². The SMILES string of the molecule is C=CC[C@H](O)/C=C/C=C/CCCC. The molecule has 0 aliphatic heterocycles. The van der Waals surface area contributed by atoms with Crippen molar-refractivity contribution < 1.29 is 5.11 Å². The van der Waals surface area contributed by atoms with E-state index in [9.17, 15) is 5.11 Å². The first-order valence-corrected chi connectivity index (χ1v) is 4.93. The Bertz CT molecular complexity index is 168. The van der Waals surface area contributed by atoms with Gasteiger partial charge >= 0.3 is 0 Å². The molecule has 1 heteroatoms. The van der Waals surface area contributed by atoms with Gasteiger partial charge in [-0.15, -0.1) is 6.58 Å². The molecule has 1 atom stereocenters. The summed E-state index contributed by atoms with van der Waals surface area (Å²) in [4.78, 5) is 0. The van der Waals surface area contributed by atoms with Crippen molar-refractivity contribution in [2.75, 3.05) is 0 Å². The van der Waals surface area contributed by atoms with Crippen LogP contribution in [0.1, 0.15) is 32.6 Å². The zero-order valence-corrected chi connectivity index (χ0v) is 8.45. The summed E-state index contributed by atoms with van der Waals surface area (Å²) in [5.41, 5.74) is 0. The van der Waals surface area contributed by atoms with Gasteiger partial charge in [0.1, 0.15) is 0 Å². The number of unbranched alkanes of at least 4 members (excludes halogenated alkanes) is 2. The van der Waals surface area contributed by atoms with E-state index in [4.69, 9.17) is 0 Å². The zero-order valence-electron chi connectivity index (χ0n) is 8.45. The second-order valence-corrected chi connectivity index (χ2v) is 3.05. The molecular weight excluding hydrogens is 160 g/mol. The Hall–Kier alpha value is -0.820. The maximum absolute atomic E-state index is 9.26. The third-order valence-electron chi connectivity index (χ3n) is 1.71. The lowest BCUT2D eigenvalue weighted by Gasteiger charge is -1.97. The van der Waals surface area contributed by atoms with Crippen LogP contribution in [0, 0.1) is 0 Å². The first-order valence-electron chi connectivity index (χ1n) is 4.93. The number of rotatable bonds is 7. The summed E-state index contributed by atoms with van der Waals surface area (Å²) in [5.74, 6) is 0. The molecule has 13 heavy (non-hydrogen) atoms. The molecule has 0 rings (SSSR count). The van der Waals surface area contributed by atoms with E-state index < -0.39 is 0 Å². The Labute approximate surface area is 81.5 Å². The largest absolute Gasteiger partial charge is 0.389 e. The number of hydrogen-bond donors (Lipinski definition) is 1. The van der Waals surface area contributed by atoms with Gasteiger partial charge < -0.3 is 5.11 Å². The lowest BCUT2D eigenvalue weighted by Crippen LogP contribution is -1.98. The van der Waals surface area contributed by atoms with Crippen molar-refractivity contribution in [3.8, 4) is 0 Å². The Morgan fingerprint density at radius 3 is 2.77 bits per heavy atom. The molecule has 0 fully saturated rings. The molecule has 74 valence electrons. The maximum Gasteiger partial charge on any atom is 0.0758 e. The smallest absolute Gasteiger partial charge is 0.0758 e. The lowest BCUT2D eigenvalue weighted by atomic mass is 10.2. The molecule has 0 saturated heterocycles. The van der Waals surface area contributed by atoms with Crippen LogP contribution in [-0.2, 0) is 0 Å². The predicted molar refractivity (Wildman–Crippen MR) is 58.6 cm³/mol. The fourth-order valence-corrected chi connectivity index (χ4v) is 0.939. The van der Waals surface area contributed by atoms with E-state index in [-0.39, 0.29) is 6.10 Å². The van der Waals surface area contributed by atoms with Gasteiger partial charge in [0.05, 0.1) is 6.10 Å². The van der Waals surface area contributed by atoms with Crippen molar-refractivity contribution >= 4 is 0 Å². The summed E-state index contributed by atoms with van der Waals surface area (Å²) >= 11 is 0. The first-order chi connectivity index (χ1) is 6.31. The molecule has 0 aromatic rings. The summed E-state index contributed by atoms with van der Waals surface area (Å²) in [6.45, 7) is 5.74. The van der Waals surface area contributed by atoms with Gasteiger partial charge in [-0.05, 0) is 12.8 Å². The van der Waals surface area contributed by atoms with Gasteiger partial charge in [0.15, 0.2) is 0 Å². The quantitative estimate of drug-likeness (QED) is 0.362. The van der Waals surface area contributed by atoms with E-state index in [0.29, 0.717) is 6.42 Å². The standard InChI is InChI=1S/C12H20O/c1-3-5-6-7-8-9-11-12(13)10-4-2/h4,7-9,11-13H,2-3,5-6,10H2,1H3/b8-7+,11-9+/t12-/m0/s1. The summed E-state index contributed by atoms with van der Waals surface area (Å²) in [7, 11) is 0. The normalized spacial score (nSPS) is 14.0. The monoisotopic (exact) mass is 180 g/mol. The third-order valence-corrected chi connectivity index (χ3v) is 1.71. The molecule has 0 saturated carbocycles. The van der Waals surface area contributed by atoms with Crippen LogP contribution in [0.3, 0.4) is 0 Å². The van der Waals surface area contributed by atoms with E-state index >= 15 is 0 Å². The van der Waals surface area contributed by atoms with Crippen LogP contribution >= 0.6 is 0 Å². The average Bonchev–Trinajstić information content (AvgIpc) is 2.11. The highest BCUT2D eigenvalue weighted by atomic mass is 16.3. The van der Waals surface area contributed by atoms with Gasteiger partial charge in [0, 0.05) is 0 Å². The number of aliphatic hydroxyl groups is 1. The number of allylic oxidation sites excluding steroid dienone is 3.